The first kappa shape index (κ1) is 13.2. The lowest BCUT2D eigenvalue weighted by molar-refractivity contribution is 0.428. The molecule has 16 heavy (non-hydrogen) atoms. The average molecular weight is 220 g/mol. The molecule has 0 heterocycles. The maximum atomic E-state index is 6.21. The summed E-state index contributed by atoms with van der Waals surface area (Å²) in [5.41, 5.74) is 14.5. The van der Waals surface area contributed by atoms with Crippen LogP contribution in [0.15, 0.2) is 24.3 Å². The number of hydrogen-bond donors (Lipinski definition) is 2. The summed E-state index contributed by atoms with van der Waals surface area (Å²) in [6.07, 6.45) is 1.03. The van der Waals surface area contributed by atoms with E-state index in [1.54, 1.807) is 0 Å². The minimum Gasteiger partial charge on any atom is -0.330 e. The lowest BCUT2D eigenvalue weighted by Crippen LogP contribution is -2.27. The quantitative estimate of drug-likeness (QED) is 0.801. The van der Waals surface area contributed by atoms with Crippen molar-refractivity contribution in [1.29, 1.82) is 0 Å². The Morgan fingerprint density at radius 2 is 1.56 bits per heavy atom. The maximum Gasteiger partial charge on any atom is 0.0335 e. The summed E-state index contributed by atoms with van der Waals surface area (Å²) in [6, 6.07) is 8.68. The first-order valence-electron chi connectivity index (χ1n) is 6.15. The molecule has 0 aliphatic heterocycles. The first-order chi connectivity index (χ1) is 7.60. The van der Waals surface area contributed by atoms with Gasteiger partial charge in [-0.2, -0.15) is 0 Å². The third kappa shape index (κ3) is 3.06. The molecule has 0 saturated carbocycles. The summed E-state index contributed by atoms with van der Waals surface area (Å²) < 4.78 is 0. The lowest BCUT2D eigenvalue weighted by atomic mass is 9.90. The summed E-state index contributed by atoms with van der Waals surface area (Å²) in [4.78, 5) is 0. The number of benzene rings is 1. The van der Waals surface area contributed by atoms with Crippen molar-refractivity contribution in [1.82, 2.24) is 0 Å². The molecular formula is C14H24N2. The van der Waals surface area contributed by atoms with Crippen LogP contribution < -0.4 is 11.5 Å². The van der Waals surface area contributed by atoms with E-state index in [9.17, 15) is 0 Å². The van der Waals surface area contributed by atoms with Crippen molar-refractivity contribution in [3.63, 3.8) is 0 Å². The van der Waals surface area contributed by atoms with Crippen LogP contribution in [0.4, 0.5) is 0 Å². The van der Waals surface area contributed by atoms with E-state index >= 15 is 0 Å². The fourth-order valence-corrected chi connectivity index (χ4v) is 1.94. The first-order valence-corrected chi connectivity index (χ1v) is 6.15. The predicted octanol–water partition coefficient (Wildman–Crippen LogP) is 2.79. The van der Waals surface area contributed by atoms with Gasteiger partial charge in [0.15, 0.2) is 0 Å². The molecule has 2 heteroatoms. The molecule has 0 saturated heterocycles. The summed E-state index contributed by atoms with van der Waals surface area (Å²) in [5.74, 6) is 0.951. The summed E-state index contributed by atoms with van der Waals surface area (Å²) in [7, 11) is 0. The molecular weight excluding hydrogens is 196 g/mol. The van der Waals surface area contributed by atoms with Gasteiger partial charge < -0.3 is 11.5 Å². The third-order valence-corrected chi connectivity index (χ3v) is 3.32. The Kier molecular flexibility index (Phi) is 4.97. The van der Waals surface area contributed by atoms with E-state index in [4.69, 9.17) is 11.5 Å². The molecule has 4 N–H and O–H groups in total. The van der Waals surface area contributed by atoms with Gasteiger partial charge in [-0.05, 0) is 29.5 Å². The molecule has 1 aromatic carbocycles. The molecule has 0 radical (unpaired) electrons. The highest BCUT2D eigenvalue weighted by atomic mass is 14.7. The molecule has 1 aromatic rings. The Morgan fingerprint density at radius 1 is 1.06 bits per heavy atom. The van der Waals surface area contributed by atoms with Gasteiger partial charge in [0.1, 0.15) is 0 Å². The largest absolute Gasteiger partial charge is 0.330 e. The van der Waals surface area contributed by atoms with Crippen LogP contribution in [-0.4, -0.2) is 6.54 Å². The van der Waals surface area contributed by atoms with E-state index in [1.807, 2.05) is 0 Å². The second-order valence-electron chi connectivity index (χ2n) is 4.75. The van der Waals surface area contributed by atoms with Gasteiger partial charge in [0.25, 0.3) is 0 Å². The molecule has 2 atom stereocenters. The fraction of sp³-hybridized carbons (Fsp3) is 0.571. The minimum atomic E-state index is 0.0659. The van der Waals surface area contributed by atoms with Crippen molar-refractivity contribution < 1.29 is 0 Å². The zero-order valence-corrected chi connectivity index (χ0v) is 10.6. The fourth-order valence-electron chi connectivity index (χ4n) is 1.94. The van der Waals surface area contributed by atoms with Crippen molar-refractivity contribution >= 4 is 0 Å². The van der Waals surface area contributed by atoms with E-state index in [0.717, 1.165) is 6.42 Å². The molecule has 1 rings (SSSR count). The van der Waals surface area contributed by atoms with E-state index < -0.39 is 0 Å². The molecule has 0 bridgehead atoms. The van der Waals surface area contributed by atoms with E-state index in [1.165, 1.54) is 11.1 Å². The minimum absolute atomic E-state index is 0.0659. The highest BCUT2D eigenvalue weighted by molar-refractivity contribution is 5.27. The molecule has 0 aliphatic rings. The lowest BCUT2D eigenvalue weighted by Gasteiger charge is -2.21. The SMILES string of the molecule is CCC(CN)C(N)c1ccc(C(C)C)cc1. The van der Waals surface area contributed by atoms with Crippen LogP contribution in [0.1, 0.15) is 50.3 Å². The van der Waals surface area contributed by atoms with Crippen LogP contribution in [0.2, 0.25) is 0 Å². The molecule has 2 nitrogen and oxygen atoms in total. The number of hydrogen-bond acceptors (Lipinski definition) is 2. The van der Waals surface area contributed by atoms with Crippen molar-refractivity contribution in [2.75, 3.05) is 6.54 Å². The van der Waals surface area contributed by atoms with E-state index in [2.05, 4.69) is 45.0 Å². The highest BCUT2D eigenvalue weighted by Gasteiger charge is 2.16. The van der Waals surface area contributed by atoms with Gasteiger partial charge >= 0.3 is 0 Å². The second kappa shape index (κ2) is 6.02. The predicted molar refractivity (Wildman–Crippen MR) is 70.3 cm³/mol. The number of nitrogens with two attached hydrogens (primary N) is 2. The van der Waals surface area contributed by atoms with Gasteiger partial charge in [-0.3, -0.25) is 0 Å². The molecule has 0 spiro atoms. The van der Waals surface area contributed by atoms with Crippen molar-refractivity contribution in [3.8, 4) is 0 Å². The van der Waals surface area contributed by atoms with Gasteiger partial charge in [0, 0.05) is 6.04 Å². The molecule has 0 aromatic heterocycles. The van der Waals surface area contributed by atoms with Crippen molar-refractivity contribution in [2.24, 2.45) is 17.4 Å². The Balaban J connectivity index is 2.80. The Hall–Kier alpha value is -0.860. The van der Waals surface area contributed by atoms with Gasteiger partial charge in [-0.15, -0.1) is 0 Å². The van der Waals surface area contributed by atoms with Crippen molar-refractivity contribution in [2.45, 2.75) is 39.2 Å². The Morgan fingerprint density at radius 3 is 1.94 bits per heavy atom. The van der Waals surface area contributed by atoms with Gasteiger partial charge in [-0.1, -0.05) is 51.5 Å². The van der Waals surface area contributed by atoms with Gasteiger partial charge in [0.05, 0.1) is 0 Å². The topological polar surface area (TPSA) is 52.0 Å². The monoisotopic (exact) mass is 220 g/mol. The standard InChI is InChI=1S/C14H24N2/c1-4-11(9-15)14(16)13-7-5-12(6-8-13)10(2)3/h5-8,10-11,14H,4,9,15-16H2,1-3H3. The smallest absolute Gasteiger partial charge is 0.0335 e. The second-order valence-corrected chi connectivity index (χ2v) is 4.75. The molecule has 90 valence electrons. The van der Waals surface area contributed by atoms with Crippen LogP contribution in [-0.2, 0) is 0 Å². The molecule has 0 fully saturated rings. The van der Waals surface area contributed by atoms with Crippen LogP contribution in [0, 0.1) is 5.92 Å². The summed E-state index contributed by atoms with van der Waals surface area (Å²) >= 11 is 0. The van der Waals surface area contributed by atoms with E-state index in [-0.39, 0.29) is 6.04 Å². The van der Waals surface area contributed by atoms with Crippen molar-refractivity contribution in [3.05, 3.63) is 35.4 Å². The van der Waals surface area contributed by atoms with E-state index in [0.29, 0.717) is 18.4 Å². The van der Waals surface area contributed by atoms with Crippen LogP contribution in [0.5, 0.6) is 0 Å². The Bertz CT molecular complexity index is 299. The van der Waals surface area contributed by atoms with Crippen LogP contribution in [0.25, 0.3) is 0 Å². The van der Waals surface area contributed by atoms with Gasteiger partial charge in [0.2, 0.25) is 0 Å². The molecule has 0 aliphatic carbocycles. The molecule has 0 amide bonds. The van der Waals surface area contributed by atoms with Crippen LogP contribution >= 0.6 is 0 Å². The summed E-state index contributed by atoms with van der Waals surface area (Å²) in [5, 5.41) is 0. The average Bonchev–Trinajstić information content (AvgIpc) is 2.30. The normalized spacial score (nSPS) is 15.1. The number of rotatable bonds is 5. The third-order valence-electron chi connectivity index (χ3n) is 3.32. The maximum absolute atomic E-state index is 6.21. The van der Waals surface area contributed by atoms with Gasteiger partial charge in [-0.25, -0.2) is 0 Å². The molecule has 2 unspecified atom stereocenters. The Labute approximate surface area is 99.0 Å². The zero-order valence-electron chi connectivity index (χ0n) is 10.6. The zero-order chi connectivity index (χ0) is 12.1. The van der Waals surface area contributed by atoms with Crippen LogP contribution in [0.3, 0.4) is 0 Å². The summed E-state index contributed by atoms with van der Waals surface area (Å²) in [6.45, 7) is 7.19. The highest BCUT2D eigenvalue weighted by Crippen LogP contribution is 2.23.